The van der Waals surface area contributed by atoms with E-state index in [0.29, 0.717) is 17.4 Å². The molecular formula is C14H16ClN3O2S. The number of halogens is 1. The number of aromatic nitrogens is 2. The fourth-order valence-electron chi connectivity index (χ4n) is 2.65. The highest BCUT2D eigenvalue weighted by molar-refractivity contribution is 7.89. The fourth-order valence-corrected chi connectivity index (χ4v) is 4.43. The molecule has 1 aromatic carbocycles. The number of hydrogen-bond donors (Lipinski definition) is 1. The minimum Gasteiger partial charge on any atom is -0.345 e. The lowest BCUT2D eigenvalue weighted by atomic mass is 10.2. The first kappa shape index (κ1) is 14.6. The lowest BCUT2D eigenvalue weighted by Crippen LogP contribution is -2.31. The smallest absolute Gasteiger partial charge is 0.243 e. The number of hydrogen-bond acceptors (Lipinski definition) is 3. The quantitative estimate of drug-likeness (QED) is 0.943. The lowest BCUT2D eigenvalue weighted by Gasteiger charge is -2.22. The Kier molecular flexibility index (Phi) is 3.77. The Labute approximate surface area is 129 Å². The molecule has 2 aromatic rings. The molecule has 3 rings (SSSR count). The zero-order valence-electron chi connectivity index (χ0n) is 11.6. The second-order valence-electron chi connectivity index (χ2n) is 5.18. The van der Waals surface area contributed by atoms with E-state index in [1.165, 1.54) is 4.31 Å². The predicted molar refractivity (Wildman–Crippen MR) is 80.6 cm³/mol. The molecule has 0 unspecified atom stereocenters. The molecule has 2 heterocycles. The average molecular weight is 326 g/mol. The van der Waals surface area contributed by atoms with E-state index >= 15 is 0 Å². The van der Waals surface area contributed by atoms with E-state index in [0.717, 1.165) is 18.5 Å². The minimum atomic E-state index is -3.53. The van der Waals surface area contributed by atoms with E-state index in [-0.39, 0.29) is 10.9 Å². The molecule has 0 saturated carbocycles. The Bertz CT molecular complexity index is 740. The lowest BCUT2D eigenvalue weighted by molar-refractivity contribution is 0.385. The maximum Gasteiger partial charge on any atom is 0.243 e. The van der Waals surface area contributed by atoms with E-state index in [4.69, 9.17) is 11.6 Å². The number of sulfonamides is 1. The Balaban J connectivity index is 1.96. The summed E-state index contributed by atoms with van der Waals surface area (Å²) in [7, 11) is -3.53. The highest BCUT2D eigenvalue weighted by atomic mass is 35.5. The van der Waals surface area contributed by atoms with Gasteiger partial charge in [0.25, 0.3) is 0 Å². The number of H-pyrrole nitrogens is 1. The molecule has 1 fully saturated rings. The van der Waals surface area contributed by atoms with Crippen LogP contribution in [0.4, 0.5) is 0 Å². The molecule has 0 spiro atoms. The Morgan fingerprint density at radius 1 is 1.33 bits per heavy atom. The molecule has 21 heavy (non-hydrogen) atoms. The summed E-state index contributed by atoms with van der Waals surface area (Å²) in [6.07, 6.45) is 3.33. The summed E-state index contributed by atoms with van der Waals surface area (Å²) < 4.78 is 27.1. The van der Waals surface area contributed by atoms with Crippen LogP contribution in [0.25, 0.3) is 0 Å². The molecule has 1 N–H and O–H groups in total. The van der Waals surface area contributed by atoms with E-state index < -0.39 is 10.0 Å². The molecule has 7 heteroatoms. The highest BCUT2D eigenvalue weighted by Crippen LogP contribution is 2.35. The van der Waals surface area contributed by atoms with Gasteiger partial charge >= 0.3 is 0 Å². The zero-order valence-corrected chi connectivity index (χ0v) is 13.2. The van der Waals surface area contributed by atoms with Crippen LogP contribution in [0, 0.1) is 6.92 Å². The summed E-state index contributed by atoms with van der Waals surface area (Å²) in [5, 5.41) is 0.522. The van der Waals surface area contributed by atoms with Gasteiger partial charge in [0.1, 0.15) is 5.82 Å². The first-order valence-corrected chi connectivity index (χ1v) is 8.59. The summed E-state index contributed by atoms with van der Waals surface area (Å²) in [5.41, 5.74) is 0.931. The second kappa shape index (κ2) is 5.44. The number of aromatic amines is 1. The van der Waals surface area contributed by atoms with Crippen molar-refractivity contribution in [1.29, 1.82) is 0 Å². The fraction of sp³-hybridized carbons (Fsp3) is 0.357. The van der Waals surface area contributed by atoms with Gasteiger partial charge in [-0.15, -0.1) is 0 Å². The van der Waals surface area contributed by atoms with Gasteiger partial charge in [-0.2, -0.15) is 4.31 Å². The minimum absolute atomic E-state index is 0.223. The van der Waals surface area contributed by atoms with Crippen LogP contribution in [0.3, 0.4) is 0 Å². The third kappa shape index (κ3) is 2.71. The van der Waals surface area contributed by atoms with Gasteiger partial charge in [0, 0.05) is 23.5 Å². The predicted octanol–water partition coefficient (Wildman–Crippen LogP) is 2.90. The van der Waals surface area contributed by atoms with Crippen molar-refractivity contribution in [3.63, 3.8) is 0 Å². The van der Waals surface area contributed by atoms with Gasteiger partial charge in [0.05, 0.1) is 10.9 Å². The van der Waals surface area contributed by atoms with E-state index in [1.54, 1.807) is 30.5 Å². The number of aryl methyl sites for hydroxylation is 1. The van der Waals surface area contributed by atoms with Gasteiger partial charge in [0.2, 0.25) is 10.0 Å². The molecule has 0 amide bonds. The summed E-state index contributed by atoms with van der Waals surface area (Å²) in [6, 6.07) is 6.05. The number of nitrogens with one attached hydrogen (secondary N) is 1. The zero-order chi connectivity index (χ0) is 15.0. The van der Waals surface area contributed by atoms with Crippen LogP contribution in [-0.4, -0.2) is 29.2 Å². The molecule has 1 aliphatic heterocycles. The summed E-state index contributed by atoms with van der Waals surface area (Å²) >= 11 is 5.83. The summed E-state index contributed by atoms with van der Waals surface area (Å²) in [6.45, 7) is 2.42. The van der Waals surface area contributed by atoms with Crippen molar-refractivity contribution in [2.45, 2.75) is 30.7 Å². The molecule has 1 aliphatic rings. The van der Waals surface area contributed by atoms with Crippen molar-refractivity contribution in [3.05, 3.63) is 47.0 Å². The van der Waals surface area contributed by atoms with Crippen molar-refractivity contribution in [1.82, 2.24) is 14.3 Å². The van der Waals surface area contributed by atoms with Gasteiger partial charge in [-0.1, -0.05) is 11.6 Å². The first-order valence-electron chi connectivity index (χ1n) is 6.77. The summed E-state index contributed by atoms with van der Waals surface area (Å²) in [4.78, 5) is 7.69. The molecule has 5 nitrogen and oxygen atoms in total. The normalized spacial score (nSPS) is 20.0. The van der Waals surface area contributed by atoms with Gasteiger partial charge in [-0.05, 0) is 44.0 Å². The molecule has 0 bridgehead atoms. The van der Waals surface area contributed by atoms with Crippen LogP contribution in [-0.2, 0) is 10.0 Å². The highest BCUT2D eigenvalue weighted by Gasteiger charge is 2.37. The van der Waals surface area contributed by atoms with Crippen molar-refractivity contribution in [2.75, 3.05) is 6.54 Å². The van der Waals surface area contributed by atoms with Crippen LogP contribution in [0.15, 0.2) is 35.4 Å². The molecule has 1 aromatic heterocycles. The first-order chi connectivity index (χ1) is 9.98. The monoisotopic (exact) mass is 325 g/mol. The van der Waals surface area contributed by atoms with Gasteiger partial charge in [0.15, 0.2) is 0 Å². The summed E-state index contributed by atoms with van der Waals surface area (Å²) in [5.74, 6) is 0.711. The SMILES string of the molecule is Cc1cnc([C@@H]2CCCN2S(=O)(=O)c2ccc(Cl)cc2)[nH]1. The maximum absolute atomic E-state index is 12.8. The van der Waals surface area contributed by atoms with Crippen LogP contribution in [0.2, 0.25) is 5.02 Å². The van der Waals surface area contributed by atoms with Crippen molar-refractivity contribution in [3.8, 4) is 0 Å². The number of nitrogens with zero attached hydrogens (tertiary/aromatic N) is 2. The Morgan fingerprint density at radius 2 is 2.05 bits per heavy atom. The third-order valence-electron chi connectivity index (χ3n) is 3.66. The van der Waals surface area contributed by atoms with Gasteiger partial charge in [-0.3, -0.25) is 0 Å². The van der Waals surface area contributed by atoms with Crippen molar-refractivity contribution in [2.24, 2.45) is 0 Å². The van der Waals surface area contributed by atoms with Crippen LogP contribution >= 0.6 is 11.6 Å². The van der Waals surface area contributed by atoms with Crippen molar-refractivity contribution >= 4 is 21.6 Å². The molecule has 1 saturated heterocycles. The molecule has 1 atom stereocenters. The molecule has 0 radical (unpaired) electrons. The topological polar surface area (TPSA) is 66.1 Å². The maximum atomic E-state index is 12.8. The Morgan fingerprint density at radius 3 is 2.67 bits per heavy atom. The van der Waals surface area contributed by atoms with Crippen LogP contribution < -0.4 is 0 Å². The Hall–Kier alpha value is -1.37. The largest absolute Gasteiger partial charge is 0.345 e. The standard InChI is InChI=1S/C14H16ClN3O2S/c1-10-9-16-14(17-10)13-3-2-8-18(13)21(19,20)12-6-4-11(15)5-7-12/h4-7,9,13H,2-3,8H2,1H3,(H,16,17)/t13-/m0/s1. The van der Waals surface area contributed by atoms with E-state index in [9.17, 15) is 8.42 Å². The van der Waals surface area contributed by atoms with Crippen LogP contribution in [0.1, 0.15) is 30.4 Å². The molecule has 112 valence electrons. The molecular weight excluding hydrogens is 310 g/mol. The van der Waals surface area contributed by atoms with Gasteiger partial charge < -0.3 is 4.98 Å². The van der Waals surface area contributed by atoms with E-state index in [2.05, 4.69) is 9.97 Å². The molecule has 0 aliphatic carbocycles. The van der Waals surface area contributed by atoms with Crippen LogP contribution in [0.5, 0.6) is 0 Å². The third-order valence-corrected chi connectivity index (χ3v) is 5.84. The number of benzene rings is 1. The van der Waals surface area contributed by atoms with Crippen molar-refractivity contribution < 1.29 is 8.42 Å². The number of imidazole rings is 1. The van der Waals surface area contributed by atoms with E-state index in [1.807, 2.05) is 6.92 Å². The van der Waals surface area contributed by atoms with Gasteiger partial charge in [-0.25, -0.2) is 13.4 Å². The second-order valence-corrected chi connectivity index (χ2v) is 7.51. The average Bonchev–Trinajstić information content (AvgIpc) is 3.07. The number of rotatable bonds is 3.